The number of carbonyl (C=O) groups excluding carboxylic acids is 4. The van der Waals surface area contributed by atoms with E-state index in [1.54, 1.807) is 6.07 Å². The van der Waals surface area contributed by atoms with E-state index in [1.165, 1.54) is 24.3 Å². The van der Waals surface area contributed by atoms with Crippen molar-refractivity contribution >= 4 is 40.1 Å². The second-order valence-corrected chi connectivity index (χ2v) is 9.12. The van der Waals surface area contributed by atoms with E-state index in [9.17, 15) is 32.4 Å². The van der Waals surface area contributed by atoms with Gasteiger partial charge in [-0.1, -0.05) is 18.2 Å². The fourth-order valence-corrected chi connectivity index (χ4v) is 4.67. The van der Waals surface area contributed by atoms with Gasteiger partial charge < -0.3 is 15.2 Å². The Kier molecular flexibility index (Phi) is 7.28. The molecule has 2 aliphatic rings. The summed E-state index contributed by atoms with van der Waals surface area (Å²) in [6.45, 7) is -0.124. The number of carboxylic acids is 1. The highest BCUT2D eigenvalue weighted by atomic mass is 32.2. The molecule has 2 unspecified atom stereocenters. The molecule has 33 heavy (non-hydrogen) atoms. The average molecular weight is 481 g/mol. The molecule has 3 N–H and O–H groups in total. The van der Waals surface area contributed by atoms with Crippen LogP contribution in [0.1, 0.15) is 25.7 Å². The molecule has 0 bridgehead atoms. The van der Waals surface area contributed by atoms with E-state index in [4.69, 9.17) is 5.11 Å². The zero-order valence-electron chi connectivity index (χ0n) is 17.4. The first kappa shape index (κ1) is 24.1. The number of amides is 4. The number of aldehydes is 1. The molecule has 2 saturated heterocycles. The van der Waals surface area contributed by atoms with Gasteiger partial charge in [-0.25, -0.2) is 28.2 Å². The number of carboxylic acid groups (broad SMARTS) is 1. The lowest BCUT2D eigenvalue weighted by Gasteiger charge is -2.42. The van der Waals surface area contributed by atoms with Crippen LogP contribution in [0.4, 0.5) is 4.79 Å². The second-order valence-electron chi connectivity index (χ2n) is 7.46. The summed E-state index contributed by atoms with van der Waals surface area (Å²) in [6, 6.07) is 3.80. The fourth-order valence-electron chi connectivity index (χ4n) is 3.59. The van der Waals surface area contributed by atoms with Crippen LogP contribution in [0.5, 0.6) is 0 Å². The van der Waals surface area contributed by atoms with Crippen molar-refractivity contribution in [2.45, 2.75) is 42.7 Å². The van der Waals surface area contributed by atoms with Gasteiger partial charge in [-0.3, -0.25) is 14.4 Å². The van der Waals surface area contributed by atoms with Crippen LogP contribution >= 0.6 is 0 Å². The third kappa shape index (κ3) is 5.46. The first-order valence-electron chi connectivity index (χ1n) is 10.1. The molecule has 0 aliphatic carbocycles. The van der Waals surface area contributed by atoms with Crippen LogP contribution in [0.25, 0.3) is 0 Å². The first-order valence-corrected chi connectivity index (χ1v) is 11.6. The summed E-state index contributed by atoms with van der Waals surface area (Å²) in [5, 5.41) is 13.8. The van der Waals surface area contributed by atoms with E-state index >= 15 is 0 Å². The molecule has 1 aromatic carbocycles. The minimum absolute atomic E-state index is 0.0966. The second kappa shape index (κ2) is 9.95. The molecule has 0 saturated carbocycles. The van der Waals surface area contributed by atoms with Crippen LogP contribution in [-0.4, -0.2) is 83.8 Å². The standard InChI is InChI=1S/C19H23N5O8S/c25-12-13(11-17(27)28)20-18(29)15-7-4-9-23-16(26)8-10-22(19(30)24(15)23)21-33(31,32)14-5-2-1-3-6-14/h1-3,5-6,12-13,15,21H,4,7-11H2,(H,20,29)(H,27,28). The van der Waals surface area contributed by atoms with Gasteiger partial charge in [0, 0.05) is 19.5 Å². The smallest absolute Gasteiger partial charge is 0.354 e. The lowest BCUT2D eigenvalue weighted by molar-refractivity contribution is -0.155. The highest BCUT2D eigenvalue weighted by Crippen LogP contribution is 2.24. The van der Waals surface area contributed by atoms with Crippen LogP contribution in [0.2, 0.25) is 0 Å². The molecule has 2 aliphatic heterocycles. The molecular formula is C19H23N5O8S. The number of hydrazine groups is 2. The maximum Gasteiger partial charge on any atom is 0.354 e. The van der Waals surface area contributed by atoms with Crippen molar-refractivity contribution in [1.82, 2.24) is 25.2 Å². The van der Waals surface area contributed by atoms with Gasteiger partial charge in [-0.05, 0) is 25.0 Å². The largest absolute Gasteiger partial charge is 0.481 e. The summed E-state index contributed by atoms with van der Waals surface area (Å²) < 4.78 is 25.4. The van der Waals surface area contributed by atoms with Gasteiger partial charge >= 0.3 is 12.0 Å². The molecule has 178 valence electrons. The van der Waals surface area contributed by atoms with E-state index in [-0.39, 0.29) is 37.1 Å². The zero-order chi connectivity index (χ0) is 24.2. The normalized spacial score (nSPS) is 20.0. The lowest BCUT2D eigenvalue weighted by Crippen LogP contribution is -2.64. The molecular weight excluding hydrogens is 458 g/mol. The Morgan fingerprint density at radius 2 is 1.88 bits per heavy atom. The van der Waals surface area contributed by atoms with Gasteiger partial charge in [-0.2, -0.15) is 0 Å². The van der Waals surface area contributed by atoms with Crippen LogP contribution in [0.3, 0.4) is 0 Å². The van der Waals surface area contributed by atoms with E-state index in [0.29, 0.717) is 6.42 Å². The van der Waals surface area contributed by atoms with Gasteiger partial charge in [-0.15, -0.1) is 4.83 Å². The van der Waals surface area contributed by atoms with Gasteiger partial charge in [0.25, 0.3) is 10.0 Å². The number of nitrogens with one attached hydrogen (secondary N) is 2. The SMILES string of the molecule is O=CC(CC(=O)O)NC(=O)C1CCCN2C(=O)CCN(NS(=O)(=O)c3ccccc3)C(=O)N12. The minimum Gasteiger partial charge on any atom is -0.481 e. The Hall–Kier alpha value is -3.52. The quantitative estimate of drug-likeness (QED) is 0.399. The van der Waals surface area contributed by atoms with Crippen molar-refractivity contribution in [1.29, 1.82) is 0 Å². The molecule has 2 fully saturated rings. The highest BCUT2D eigenvalue weighted by Gasteiger charge is 2.44. The lowest BCUT2D eigenvalue weighted by atomic mass is 10.1. The highest BCUT2D eigenvalue weighted by molar-refractivity contribution is 7.89. The van der Waals surface area contributed by atoms with E-state index in [0.717, 1.165) is 15.0 Å². The van der Waals surface area contributed by atoms with Crippen molar-refractivity contribution in [2.24, 2.45) is 0 Å². The van der Waals surface area contributed by atoms with E-state index in [2.05, 4.69) is 10.1 Å². The Bertz CT molecular complexity index is 1050. The number of nitrogens with zero attached hydrogens (tertiary/aromatic N) is 3. The van der Waals surface area contributed by atoms with Gasteiger partial charge in [0.2, 0.25) is 11.8 Å². The predicted octanol–water partition coefficient (Wildman–Crippen LogP) is -0.928. The van der Waals surface area contributed by atoms with Crippen LogP contribution < -0.4 is 10.1 Å². The summed E-state index contributed by atoms with van der Waals surface area (Å²) in [6.07, 6.45) is -0.0823. The monoisotopic (exact) mass is 481 g/mol. The number of fused-ring (bicyclic) bond motifs is 1. The zero-order valence-corrected chi connectivity index (χ0v) is 18.2. The molecule has 14 heteroatoms. The average Bonchev–Trinajstić information content (AvgIpc) is 2.90. The maximum atomic E-state index is 13.3. The van der Waals surface area contributed by atoms with Crippen molar-refractivity contribution in [3.05, 3.63) is 30.3 Å². The van der Waals surface area contributed by atoms with Crippen LogP contribution in [-0.2, 0) is 29.2 Å². The van der Waals surface area contributed by atoms with Gasteiger partial charge in [0.1, 0.15) is 12.3 Å². The molecule has 3 rings (SSSR count). The fraction of sp³-hybridized carbons (Fsp3) is 0.421. The third-order valence-corrected chi connectivity index (χ3v) is 6.49. The van der Waals surface area contributed by atoms with Crippen LogP contribution in [0.15, 0.2) is 35.2 Å². The first-order chi connectivity index (χ1) is 15.6. The molecule has 1 aromatic rings. The van der Waals surface area contributed by atoms with E-state index in [1.807, 2.05) is 0 Å². The molecule has 2 heterocycles. The molecule has 0 spiro atoms. The summed E-state index contributed by atoms with van der Waals surface area (Å²) in [4.78, 5) is 62.8. The Balaban J connectivity index is 1.85. The predicted molar refractivity (Wildman–Crippen MR) is 110 cm³/mol. The number of hydrogen-bond acceptors (Lipinski definition) is 7. The molecule has 0 radical (unpaired) electrons. The Morgan fingerprint density at radius 1 is 1.18 bits per heavy atom. The molecule has 2 atom stereocenters. The van der Waals surface area contributed by atoms with Crippen molar-refractivity contribution < 1.29 is 37.5 Å². The van der Waals surface area contributed by atoms with Crippen molar-refractivity contribution in [2.75, 3.05) is 13.1 Å². The van der Waals surface area contributed by atoms with Crippen molar-refractivity contribution in [3.63, 3.8) is 0 Å². The summed E-state index contributed by atoms with van der Waals surface area (Å²) in [7, 11) is -4.15. The number of sulfonamides is 1. The number of aliphatic carboxylic acids is 1. The Labute approximate surface area is 189 Å². The summed E-state index contributed by atoms with van der Waals surface area (Å²) in [5.74, 6) is -2.62. The summed E-state index contributed by atoms with van der Waals surface area (Å²) >= 11 is 0. The van der Waals surface area contributed by atoms with Crippen LogP contribution in [0, 0.1) is 0 Å². The number of benzene rings is 1. The topological polar surface area (TPSA) is 174 Å². The van der Waals surface area contributed by atoms with Gasteiger partial charge in [0.15, 0.2) is 0 Å². The van der Waals surface area contributed by atoms with Crippen molar-refractivity contribution in [3.8, 4) is 0 Å². The molecule has 4 amide bonds. The van der Waals surface area contributed by atoms with E-state index < -0.39 is 52.3 Å². The maximum absolute atomic E-state index is 13.3. The summed E-state index contributed by atoms with van der Waals surface area (Å²) in [5.41, 5.74) is 0. The molecule has 0 aromatic heterocycles. The Morgan fingerprint density at radius 3 is 2.52 bits per heavy atom. The minimum atomic E-state index is -4.15. The number of urea groups is 1. The van der Waals surface area contributed by atoms with Gasteiger partial charge in [0.05, 0.1) is 17.4 Å². The third-order valence-electron chi connectivity index (χ3n) is 5.14. The number of carbonyl (C=O) groups is 5. The number of hydrogen-bond donors (Lipinski definition) is 3. The molecule has 13 nitrogen and oxygen atoms in total. The number of rotatable bonds is 8.